The molecule has 0 amide bonds. The predicted molar refractivity (Wildman–Crippen MR) is 65.4 cm³/mol. The van der Waals surface area contributed by atoms with Gasteiger partial charge in [0.25, 0.3) is 5.56 Å². The molecule has 1 fully saturated rings. The summed E-state index contributed by atoms with van der Waals surface area (Å²) in [6.45, 7) is 1.11. The molecule has 0 radical (unpaired) electrons. The van der Waals surface area contributed by atoms with Crippen LogP contribution in [0.1, 0.15) is 12.0 Å². The van der Waals surface area contributed by atoms with Gasteiger partial charge in [0.1, 0.15) is 6.10 Å². The van der Waals surface area contributed by atoms with Crippen LogP contribution in [0.3, 0.4) is 0 Å². The number of aromatic amines is 1. The van der Waals surface area contributed by atoms with Gasteiger partial charge in [-0.2, -0.15) is 0 Å². The van der Waals surface area contributed by atoms with E-state index in [9.17, 15) is 14.7 Å². The van der Waals surface area contributed by atoms with Gasteiger partial charge in [-0.05, 0) is 12.8 Å². The van der Waals surface area contributed by atoms with Crippen LogP contribution in [0.4, 0.5) is 0 Å². The molecular formula is C12H14N2O5. The first-order valence-electron chi connectivity index (χ1n) is 5.71. The van der Waals surface area contributed by atoms with Crippen molar-refractivity contribution in [1.29, 1.82) is 0 Å². The first-order chi connectivity index (χ1) is 8.93. The SMILES string of the molecule is C#C[C@]1(n2cc(C)c(=O)[nH]c2=O)C[C@H](O)[C@@H](CO)O1. The van der Waals surface area contributed by atoms with Crippen molar-refractivity contribution in [2.75, 3.05) is 6.61 Å². The molecule has 1 saturated heterocycles. The number of H-pyrrole nitrogens is 1. The van der Waals surface area contributed by atoms with Crippen LogP contribution >= 0.6 is 0 Å². The molecule has 7 heteroatoms. The smallest absolute Gasteiger partial charge is 0.331 e. The Labute approximate surface area is 108 Å². The zero-order valence-electron chi connectivity index (χ0n) is 10.3. The molecule has 7 nitrogen and oxygen atoms in total. The van der Waals surface area contributed by atoms with E-state index in [2.05, 4.69) is 10.9 Å². The Kier molecular flexibility index (Phi) is 3.32. The van der Waals surface area contributed by atoms with Gasteiger partial charge < -0.3 is 14.9 Å². The summed E-state index contributed by atoms with van der Waals surface area (Å²) in [6.07, 6.45) is 4.81. The second kappa shape index (κ2) is 4.66. The number of ether oxygens (including phenoxy) is 1. The number of aliphatic hydroxyl groups excluding tert-OH is 2. The van der Waals surface area contributed by atoms with Crippen molar-refractivity contribution in [3.8, 4) is 12.3 Å². The average Bonchev–Trinajstić information content (AvgIpc) is 2.71. The van der Waals surface area contributed by atoms with E-state index in [4.69, 9.17) is 16.3 Å². The molecule has 1 aromatic heterocycles. The van der Waals surface area contributed by atoms with E-state index in [-0.39, 0.29) is 6.42 Å². The van der Waals surface area contributed by atoms with Crippen molar-refractivity contribution < 1.29 is 14.9 Å². The minimum atomic E-state index is -1.50. The largest absolute Gasteiger partial charge is 0.394 e. The normalized spacial score (nSPS) is 30.2. The third-order valence-corrected chi connectivity index (χ3v) is 3.18. The Balaban J connectivity index is 2.56. The molecule has 1 aromatic rings. The average molecular weight is 266 g/mol. The molecule has 2 rings (SSSR count). The first-order valence-corrected chi connectivity index (χ1v) is 5.71. The van der Waals surface area contributed by atoms with Crippen molar-refractivity contribution in [1.82, 2.24) is 9.55 Å². The van der Waals surface area contributed by atoms with E-state index in [1.807, 2.05) is 0 Å². The third kappa shape index (κ3) is 2.10. The Morgan fingerprint density at radius 3 is 2.89 bits per heavy atom. The molecule has 0 aliphatic carbocycles. The molecule has 2 heterocycles. The van der Waals surface area contributed by atoms with Crippen LogP contribution in [0, 0.1) is 19.3 Å². The number of hydrogen-bond acceptors (Lipinski definition) is 5. The van der Waals surface area contributed by atoms with Crippen molar-refractivity contribution in [3.05, 3.63) is 32.6 Å². The molecule has 0 aromatic carbocycles. The van der Waals surface area contributed by atoms with Crippen LogP contribution in [-0.2, 0) is 10.5 Å². The highest BCUT2D eigenvalue weighted by Gasteiger charge is 2.46. The Hall–Kier alpha value is -1.88. The molecule has 0 bridgehead atoms. The molecule has 0 unspecified atom stereocenters. The highest BCUT2D eigenvalue weighted by molar-refractivity contribution is 5.14. The van der Waals surface area contributed by atoms with Crippen molar-refractivity contribution >= 4 is 0 Å². The van der Waals surface area contributed by atoms with Crippen LogP contribution < -0.4 is 11.2 Å². The lowest BCUT2D eigenvalue weighted by molar-refractivity contribution is -0.0836. The van der Waals surface area contributed by atoms with Crippen LogP contribution in [-0.4, -0.2) is 38.6 Å². The van der Waals surface area contributed by atoms with Gasteiger partial charge in [0.2, 0.25) is 5.72 Å². The van der Waals surface area contributed by atoms with E-state index in [1.165, 1.54) is 13.1 Å². The number of hydrogen-bond donors (Lipinski definition) is 3. The molecule has 1 aliphatic rings. The lowest BCUT2D eigenvalue weighted by Crippen LogP contribution is -2.44. The zero-order chi connectivity index (χ0) is 14.2. The summed E-state index contributed by atoms with van der Waals surface area (Å²) < 4.78 is 6.48. The lowest BCUT2D eigenvalue weighted by Gasteiger charge is -2.25. The van der Waals surface area contributed by atoms with Crippen molar-refractivity contribution in [2.45, 2.75) is 31.3 Å². The fraction of sp³-hybridized carbons (Fsp3) is 0.500. The summed E-state index contributed by atoms with van der Waals surface area (Å²) in [6, 6.07) is 0. The maximum atomic E-state index is 11.8. The van der Waals surface area contributed by atoms with Gasteiger partial charge in [0.05, 0.1) is 12.7 Å². The summed E-state index contributed by atoms with van der Waals surface area (Å²) in [5.74, 6) is 2.32. The minimum absolute atomic E-state index is 0.0416. The monoisotopic (exact) mass is 266 g/mol. The lowest BCUT2D eigenvalue weighted by atomic mass is 10.1. The van der Waals surface area contributed by atoms with Crippen LogP contribution in [0.5, 0.6) is 0 Å². The summed E-state index contributed by atoms with van der Waals surface area (Å²) in [4.78, 5) is 25.3. The van der Waals surface area contributed by atoms with Crippen molar-refractivity contribution in [2.24, 2.45) is 0 Å². The number of rotatable bonds is 2. The maximum Gasteiger partial charge on any atom is 0.331 e. The van der Waals surface area contributed by atoms with E-state index in [1.54, 1.807) is 0 Å². The summed E-state index contributed by atoms with van der Waals surface area (Å²) in [7, 11) is 0. The Morgan fingerprint density at radius 1 is 1.68 bits per heavy atom. The van der Waals surface area contributed by atoms with Gasteiger partial charge in [0.15, 0.2) is 0 Å². The summed E-state index contributed by atoms with van der Waals surface area (Å²) in [5.41, 5.74) is -2.44. The standard InChI is InChI=1S/C12H14N2O5/c1-3-12(4-8(16)9(6-15)19-12)14-5-7(2)10(17)13-11(14)18/h1,5,8-9,15-16H,4,6H2,2H3,(H,13,17,18)/t8-,9+,12+/m0/s1. The topological polar surface area (TPSA) is 105 Å². The number of aromatic nitrogens is 2. The van der Waals surface area contributed by atoms with Gasteiger partial charge in [-0.25, -0.2) is 4.79 Å². The van der Waals surface area contributed by atoms with Gasteiger partial charge >= 0.3 is 5.69 Å². The number of aryl methyl sites for hydroxylation is 1. The number of nitrogens with one attached hydrogen (secondary N) is 1. The fourth-order valence-electron chi connectivity index (χ4n) is 2.10. The maximum absolute atomic E-state index is 11.8. The first kappa shape index (κ1) is 13.5. The molecule has 0 spiro atoms. The molecule has 3 atom stereocenters. The highest BCUT2D eigenvalue weighted by Crippen LogP contribution is 2.33. The van der Waals surface area contributed by atoms with Gasteiger partial charge in [-0.3, -0.25) is 14.3 Å². The molecule has 102 valence electrons. The minimum Gasteiger partial charge on any atom is -0.394 e. The summed E-state index contributed by atoms with van der Waals surface area (Å²) >= 11 is 0. The van der Waals surface area contributed by atoms with Crippen LogP contribution in [0.2, 0.25) is 0 Å². The number of aliphatic hydroxyl groups is 2. The second-order valence-corrected chi connectivity index (χ2v) is 4.48. The second-order valence-electron chi connectivity index (χ2n) is 4.48. The van der Waals surface area contributed by atoms with E-state index >= 15 is 0 Å². The van der Waals surface area contributed by atoms with Crippen LogP contribution in [0.15, 0.2) is 15.8 Å². The fourth-order valence-corrected chi connectivity index (χ4v) is 2.10. The number of nitrogens with zero attached hydrogens (tertiary/aromatic N) is 1. The van der Waals surface area contributed by atoms with Crippen LogP contribution in [0.25, 0.3) is 0 Å². The predicted octanol–water partition coefficient (Wildman–Crippen LogP) is -1.73. The molecule has 3 N–H and O–H groups in total. The van der Waals surface area contributed by atoms with Gasteiger partial charge in [0, 0.05) is 18.2 Å². The quantitative estimate of drug-likeness (QED) is 0.552. The molecule has 19 heavy (non-hydrogen) atoms. The zero-order valence-corrected chi connectivity index (χ0v) is 10.3. The van der Waals surface area contributed by atoms with Gasteiger partial charge in [-0.1, -0.05) is 0 Å². The molecular weight excluding hydrogens is 252 g/mol. The van der Waals surface area contributed by atoms with E-state index in [0.717, 1.165) is 4.57 Å². The molecule has 1 aliphatic heterocycles. The van der Waals surface area contributed by atoms with Gasteiger partial charge in [-0.15, -0.1) is 6.42 Å². The number of terminal acetylenes is 1. The Morgan fingerprint density at radius 2 is 2.37 bits per heavy atom. The van der Waals surface area contributed by atoms with E-state index in [0.29, 0.717) is 5.56 Å². The summed E-state index contributed by atoms with van der Waals surface area (Å²) in [5, 5.41) is 18.8. The molecule has 0 saturated carbocycles. The van der Waals surface area contributed by atoms with E-state index < -0.39 is 35.8 Å². The highest BCUT2D eigenvalue weighted by atomic mass is 16.6. The third-order valence-electron chi connectivity index (χ3n) is 3.18. The van der Waals surface area contributed by atoms with Crippen molar-refractivity contribution in [3.63, 3.8) is 0 Å². The Bertz CT molecular complexity index is 641.